The third-order valence-electron chi connectivity index (χ3n) is 5.36. The number of rotatable bonds is 4. The molecule has 3 aromatic rings. The van der Waals surface area contributed by atoms with Gasteiger partial charge in [-0.15, -0.1) is 5.10 Å². The molecule has 1 aliphatic rings. The first-order valence-corrected chi connectivity index (χ1v) is 9.61. The molecular weight excluding hydrogens is 336 g/mol. The van der Waals surface area contributed by atoms with Crippen molar-refractivity contribution in [2.24, 2.45) is 5.92 Å². The molecule has 4 rings (SSSR count). The Kier molecular flexibility index (Phi) is 5.01. The van der Waals surface area contributed by atoms with Gasteiger partial charge in [0, 0.05) is 11.6 Å². The lowest BCUT2D eigenvalue weighted by Crippen LogP contribution is -2.41. The lowest BCUT2D eigenvalue weighted by Gasteiger charge is -2.29. The van der Waals surface area contributed by atoms with E-state index < -0.39 is 0 Å². The normalized spacial score (nSPS) is 19.6. The number of amides is 1. The van der Waals surface area contributed by atoms with Gasteiger partial charge in [0.25, 0.3) is 5.91 Å². The summed E-state index contributed by atoms with van der Waals surface area (Å²) < 4.78 is 1.74. The number of hydrogen-bond acceptors (Lipinski definition) is 3. The highest BCUT2D eigenvalue weighted by Gasteiger charge is 2.27. The van der Waals surface area contributed by atoms with Crippen molar-refractivity contribution < 1.29 is 4.79 Å². The molecule has 2 aromatic carbocycles. The summed E-state index contributed by atoms with van der Waals surface area (Å²) in [5.41, 5.74) is 2.91. The van der Waals surface area contributed by atoms with E-state index in [0.29, 0.717) is 11.6 Å². The van der Waals surface area contributed by atoms with Crippen molar-refractivity contribution in [1.29, 1.82) is 0 Å². The van der Waals surface area contributed by atoms with E-state index in [4.69, 9.17) is 0 Å². The summed E-state index contributed by atoms with van der Waals surface area (Å²) in [4.78, 5) is 13.1. The first-order valence-electron chi connectivity index (χ1n) is 9.61. The summed E-state index contributed by atoms with van der Waals surface area (Å²) in [6.45, 7) is 2.21. The minimum Gasteiger partial charge on any atom is -0.348 e. The zero-order valence-corrected chi connectivity index (χ0v) is 15.5. The predicted octanol–water partition coefficient (Wildman–Crippen LogP) is 4.24. The molecule has 138 valence electrons. The number of aromatic nitrogens is 3. The number of hydrogen-bond donors (Lipinski definition) is 1. The molecule has 1 amide bonds. The number of carbonyl (C=O) groups is 1. The van der Waals surface area contributed by atoms with Crippen LogP contribution in [0.4, 0.5) is 0 Å². The van der Waals surface area contributed by atoms with Crippen molar-refractivity contribution >= 4 is 5.91 Å². The highest BCUT2D eigenvalue weighted by molar-refractivity contribution is 5.98. The molecule has 1 aromatic heterocycles. The van der Waals surface area contributed by atoms with Crippen LogP contribution >= 0.6 is 0 Å². The minimum atomic E-state index is -0.144. The maximum Gasteiger partial charge on any atom is 0.274 e. The van der Waals surface area contributed by atoms with Crippen LogP contribution in [0.2, 0.25) is 0 Å². The van der Waals surface area contributed by atoms with Crippen LogP contribution in [0.5, 0.6) is 0 Å². The second-order valence-electron chi connectivity index (χ2n) is 7.24. The standard InChI is InChI=1S/C22H24N4O/c1-16-10-8-9-15-19(16)23-22(27)20-21(17-11-4-2-5-12-17)26(25-24-20)18-13-6-3-7-14-18/h2-7,11-14,16,19H,8-10,15H2,1H3,(H,23,27). The highest BCUT2D eigenvalue weighted by atomic mass is 16.2. The molecule has 1 aliphatic carbocycles. The molecule has 2 unspecified atom stereocenters. The van der Waals surface area contributed by atoms with E-state index in [1.54, 1.807) is 4.68 Å². The zero-order chi connectivity index (χ0) is 18.6. The molecule has 27 heavy (non-hydrogen) atoms. The van der Waals surface area contributed by atoms with E-state index in [9.17, 15) is 4.79 Å². The Morgan fingerprint density at radius 1 is 1.00 bits per heavy atom. The Bertz CT molecular complexity index is 905. The number of para-hydroxylation sites is 1. The van der Waals surface area contributed by atoms with Gasteiger partial charge in [-0.3, -0.25) is 4.79 Å². The largest absolute Gasteiger partial charge is 0.348 e. The van der Waals surface area contributed by atoms with Crippen LogP contribution < -0.4 is 5.32 Å². The van der Waals surface area contributed by atoms with Crippen molar-refractivity contribution in [1.82, 2.24) is 20.3 Å². The third-order valence-corrected chi connectivity index (χ3v) is 5.36. The van der Waals surface area contributed by atoms with Crippen LogP contribution in [0.1, 0.15) is 43.1 Å². The Morgan fingerprint density at radius 2 is 1.67 bits per heavy atom. The third kappa shape index (κ3) is 3.63. The summed E-state index contributed by atoms with van der Waals surface area (Å²) in [6, 6.07) is 19.9. The van der Waals surface area contributed by atoms with E-state index in [-0.39, 0.29) is 11.9 Å². The summed E-state index contributed by atoms with van der Waals surface area (Å²) in [7, 11) is 0. The Hall–Kier alpha value is -2.95. The van der Waals surface area contributed by atoms with Gasteiger partial charge in [0.1, 0.15) is 5.69 Å². The summed E-state index contributed by atoms with van der Waals surface area (Å²) in [6.07, 6.45) is 4.60. The average molecular weight is 360 g/mol. The topological polar surface area (TPSA) is 59.8 Å². The molecule has 1 N–H and O–H groups in total. The molecule has 1 heterocycles. The molecule has 0 radical (unpaired) electrons. The molecule has 0 aliphatic heterocycles. The monoisotopic (exact) mass is 360 g/mol. The van der Waals surface area contributed by atoms with Gasteiger partial charge in [0.15, 0.2) is 5.69 Å². The maximum atomic E-state index is 13.1. The molecular formula is C22H24N4O. The van der Waals surface area contributed by atoms with Crippen LogP contribution in [0.3, 0.4) is 0 Å². The van der Waals surface area contributed by atoms with Gasteiger partial charge in [-0.2, -0.15) is 0 Å². The van der Waals surface area contributed by atoms with E-state index in [0.717, 1.165) is 36.2 Å². The van der Waals surface area contributed by atoms with Crippen LogP contribution in [-0.2, 0) is 0 Å². The zero-order valence-electron chi connectivity index (χ0n) is 15.5. The first kappa shape index (κ1) is 17.5. The Labute approximate surface area is 159 Å². The van der Waals surface area contributed by atoms with Gasteiger partial charge in [-0.1, -0.05) is 73.5 Å². The molecule has 1 fully saturated rings. The van der Waals surface area contributed by atoms with Crippen molar-refractivity contribution in [3.8, 4) is 16.9 Å². The van der Waals surface area contributed by atoms with Gasteiger partial charge in [0.2, 0.25) is 0 Å². The van der Waals surface area contributed by atoms with Crippen molar-refractivity contribution in [2.75, 3.05) is 0 Å². The summed E-state index contributed by atoms with van der Waals surface area (Å²) in [5, 5.41) is 11.8. The Morgan fingerprint density at radius 3 is 2.37 bits per heavy atom. The summed E-state index contributed by atoms with van der Waals surface area (Å²) in [5.74, 6) is 0.349. The van der Waals surface area contributed by atoms with E-state index in [1.165, 1.54) is 6.42 Å². The van der Waals surface area contributed by atoms with E-state index in [2.05, 4.69) is 22.6 Å². The van der Waals surface area contributed by atoms with Crippen LogP contribution in [0.25, 0.3) is 16.9 Å². The smallest absolute Gasteiger partial charge is 0.274 e. The quantitative estimate of drug-likeness (QED) is 0.757. The fraction of sp³-hybridized carbons (Fsp3) is 0.318. The van der Waals surface area contributed by atoms with Gasteiger partial charge >= 0.3 is 0 Å². The fourth-order valence-corrected chi connectivity index (χ4v) is 3.81. The maximum absolute atomic E-state index is 13.1. The minimum absolute atomic E-state index is 0.144. The van der Waals surface area contributed by atoms with E-state index in [1.807, 2.05) is 60.7 Å². The number of carbonyl (C=O) groups excluding carboxylic acids is 1. The van der Waals surface area contributed by atoms with E-state index >= 15 is 0 Å². The van der Waals surface area contributed by atoms with Gasteiger partial charge in [-0.25, -0.2) is 4.68 Å². The first-order chi connectivity index (χ1) is 13.2. The van der Waals surface area contributed by atoms with Crippen LogP contribution in [0, 0.1) is 5.92 Å². The number of nitrogens with one attached hydrogen (secondary N) is 1. The lowest BCUT2D eigenvalue weighted by molar-refractivity contribution is 0.0906. The Balaban J connectivity index is 1.72. The van der Waals surface area contributed by atoms with Gasteiger partial charge < -0.3 is 5.32 Å². The molecule has 0 spiro atoms. The van der Waals surface area contributed by atoms with Crippen LogP contribution in [-0.4, -0.2) is 26.9 Å². The van der Waals surface area contributed by atoms with Gasteiger partial charge in [0.05, 0.1) is 5.69 Å². The molecule has 0 bridgehead atoms. The van der Waals surface area contributed by atoms with Gasteiger partial charge in [-0.05, 0) is 30.9 Å². The predicted molar refractivity (Wildman–Crippen MR) is 106 cm³/mol. The molecule has 0 saturated heterocycles. The van der Waals surface area contributed by atoms with Crippen molar-refractivity contribution in [3.63, 3.8) is 0 Å². The molecule has 5 nitrogen and oxygen atoms in total. The molecule has 1 saturated carbocycles. The van der Waals surface area contributed by atoms with Crippen LogP contribution in [0.15, 0.2) is 60.7 Å². The fourth-order valence-electron chi connectivity index (χ4n) is 3.81. The highest BCUT2D eigenvalue weighted by Crippen LogP contribution is 2.27. The second-order valence-corrected chi connectivity index (χ2v) is 7.24. The SMILES string of the molecule is CC1CCCCC1NC(=O)c1nnn(-c2ccccc2)c1-c1ccccc1. The van der Waals surface area contributed by atoms with Crippen molar-refractivity contribution in [2.45, 2.75) is 38.6 Å². The average Bonchev–Trinajstić information content (AvgIpc) is 3.16. The molecule has 5 heteroatoms. The number of nitrogens with zero attached hydrogens (tertiary/aromatic N) is 3. The summed E-state index contributed by atoms with van der Waals surface area (Å²) >= 11 is 0. The number of benzene rings is 2. The van der Waals surface area contributed by atoms with Crippen molar-refractivity contribution in [3.05, 3.63) is 66.4 Å². The lowest BCUT2D eigenvalue weighted by atomic mass is 9.86. The molecule has 2 atom stereocenters. The second kappa shape index (κ2) is 7.74.